The number of hydrogen-bond donors (Lipinski definition) is 3. The third kappa shape index (κ3) is 4.22. The molecule has 1 aliphatic rings. The predicted octanol–water partition coefficient (Wildman–Crippen LogP) is 0.296. The van der Waals surface area contributed by atoms with Gasteiger partial charge in [-0.15, -0.1) is 0 Å². The second kappa shape index (κ2) is 6.94. The van der Waals surface area contributed by atoms with Crippen LogP contribution in [-0.2, 0) is 0 Å². The summed E-state index contributed by atoms with van der Waals surface area (Å²) in [5.41, 5.74) is 8.13. The van der Waals surface area contributed by atoms with E-state index in [4.69, 9.17) is 17.3 Å². The van der Waals surface area contributed by atoms with Gasteiger partial charge in [0.25, 0.3) is 0 Å². The van der Waals surface area contributed by atoms with E-state index in [0.717, 1.165) is 0 Å². The number of nitrogens with zero attached hydrogens (tertiary/aromatic N) is 3. The Morgan fingerprint density at radius 2 is 1.91 bits per heavy atom. The first kappa shape index (κ1) is 15.8. The van der Waals surface area contributed by atoms with Crippen molar-refractivity contribution < 1.29 is 14.4 Å². The third-order valence-corrected chi connectivity index (χ3v) is 3.46. The number of nitrogens with one attached hydrogen (secondary N) is 2. The van der Waals surface area contributed by atoms with Crippen molar-refractivity contribution in [1.29, 1.82) is 0 Å². The molecule has 1 saturated heterocycles. The maximum absolute atomic E-state index is 12.1. The number of guanidine groups is 1. The molecule has 0 saturated carbocycles. The van der Waals surface area contributed by atoms with E-state index in [9.17, 15) is 14.9 Å². The maximum atomic E-state index is 12.1. The van der Waals surface area contributed by atoms with Crippen LogP contribution in [0.2, 0.25) is 5.02 Å². The highest BCUT2D eigenvalue weighted by Gasteiger charge is 2.23. The zero-order valence-corrected chi connectivity index (χ0v) is 12.4. The smallest absolute Gasteiger partial charge is 0.318 e. The molecule has 0 unspecified atom stereocenters. The number of anilines is 1. The summed E-state index contributed by atoms with van der Waals surface area (Å²) in [5, 5.41) is 13.0. The molecule has 118 valence electrons. The number of rotatable bonds is 2. The molecule has 22 heavy (non-hydrogen) atoms. The Morgan fingerprint density at radius 1 is 1.32 bits per heavy atom. The Balaban J connectivity index is 1.89. The monoisotopic (exact) mass is 327 g/mol. The van der Waals surface area contributed by atoms with Crippen LogP contribution in [0.4, 0.5) is 10.5 Å². The van der Waals surface area contributed by atoms with Gasteiger partial charge in [-0.05, 0) is 24.3 Å². The molecular formula is C12H16ClN6O3+. The van der Waals surface area contributed by atoms with Gasteiger partial charge in [-0.2, -0.15) is 0 Å². The average molecular weight is 328 g/mol. The molecule has 2 rings (SSSR count). The summed E-state index contributed by atoms with van der Waals surface area (Å²) in [6.45, 7) is 1.67. The lowest BCUT2D eigenvalue weighted by Crippen LogP contribution is -2.52. The first-order valence-electron chi connectivity index (χ1n) is 6.55. The fraction of sp³-hybridized carbons (Fsp3) is 0.333. The average Bonchev–Trinajstić information content (AvgIpc) is 2.49. The van der Waals surface area contributed by atoms with Crippen molar-refractivity contribution in [2.24, 2.45) is 5.73 Å². The molecule has 2 amide bonds. The molecule has 1 fully saturated rings. The van der Waals surface area contributed by atoms with Crippen molar-refractivity contribution in [1.82, 2.24) is 10.3 Å². The largest absolute Gasteiger partial charge is 0.406 e. The van der Waals surface area contributed by atoms with E-state index in [1.165, 1.54) is 0 Å². The maximum Gasteiger partial charge on any atom is 0.406 e. The van der Waals surface area contributed by atoms with Crippen molar-refractivity contribution >= 4 is 29.3 Å². The van der Waals surface area contributed by atoms with E-state index < -0.39 is 5.03 Å². The zero-order chi connectivity index (χ0) is 16.1. The van der Waals surface area contributed by atoms with Crippen molar-refractivity contribution in [3.05, 3.63) is 39.4 Å². The minimum Gasteiger partial charge on any atom is -0.318 e. The molecule has 1 aromatic carbocycles. The highest BCUT2D eigenvalue weighted by molar-refractivity contribution is 6.30. The number of benzene rings is 1. The molecule has 9 nitrogen and oxygen atoms in total. The van der Waals surface area contributed by atoms with Crippen LogP contribution < -0.4 is 16.5 Å². The van der Waals surface area contributed by atoms with Gasteiger partial charge in [-0.1, -0.05) is 11.6 Å². The number of halogens is 1. The molecule has 0 atom stereocenters. The van der Waals surface area contributed by atoms with Crippen molar-refractivity contribution in [2.75, 3.05) is 31.5 Å². The SMILES string of the molecule is NC(N[N+](=O)[O-])=[N+]1CCN(C(=O)Nc2ccc(Cl)cc2)CC1. The van der Waals surface area contributed by atoms with Gasteiger partial charge < -0.3 is 10.2 Å². The number of nitrogens with two attached hydrogens (primary N) is 1. The molecule has 1 heterocycles. The van der Waals surface area contributed by atoms with Crippen LogP contribution in [0.5, 0.6) is 0 Å². The fourth-order valence-electron chi connectivity index (χ4n) is 2.05. The van der Waals surface area contributed by atoms with Crippen LogP contribution in [0.25, 0.3) is 0 Å². The molecule has 10 heteroatoms. The van der Waals surface area contributed by atoms with Gasteiger partial charge in [0.1, 0.15) is 0 Å². The van der Waals surface area contributed by atoms with Crippen molar-refractivity contribution in [3.63, 3.8) is 0 Å². The van der Waals surface area contributed by atoms with Crippen LogP contribution in [0.3, 0.4) is 0 Å². The zero-order valence-electron chi connectivity index (χ0n) is 11.7. The quantitative estimate of drug-likeness (QED) is 0.312. The number of nitro groups is 1. The second-order valence-electron chi connectivity index (χ2n) is 4.67. The molecule has 0 aromatic heterocycles. The van der Waals surface area contributed by atoms with Crippen LogP contribution in [0.15, 0.2) is 24.3 Å². The van der Waals surface area contributed by atoms with Crippen LogP contribution in [-0.4, -0.2) is 52.7 Å². The summed E-state index contributed by atoms with van der Waals surface area (Å²) in [5.74, 6) is -0.0252. The number of carbonyl (C=O) groups excluding carboxylic acids is 1. The summed E-state index contributed by atoms with van der Waals surface area (Å²) in [6.07, 6.45) is 0. The Labute approximate surface area is 131 Å². The summed E-state index contributed by atoms with van der Waals surface area (Å²) in [7, 11) is 0. The molecule has 1 aliphatic heterocycles. The summed E-state index contributed by atoms with van der Waals surface area (Å²) in [4.78, 5) is 24.1. The number of carbonyl (C=O) groups is 1. The number of urea groups is 1. The van der Waals surface area contributed by atoms with Gasteiger partial charge in [0.2, 0.25) is 5.03 Å². The molecular weight excluding hydrogens is 312 g/mol. The Hall–Kier alpha value is -2.55. The summed E-state index contributed by atoms with van der Waals surface area (Å²) >= 11 is 5.78. The van der Waals surface area contributed by atoms with E-state index in [-0.39, 0.29) is 12.0 Å². The molecule has 0 bridgehead atoms. The Morgan fingerprint density at radius 3 is 2.45 bits per heavy atom. The standard InChI is InChI=1S/C12H15ClN6O3/c13-9-1-3-10(4-2-9)15-12(20)18-7-5-17(6-8-18)11(14)16-19(21)22/h1-4H,5-8H2,(H3,14,15,16,20)/p+1. The number of piperazine rings is 1. The number of amides is 2. The molecule has 0 radical (unpaired) electrons. The molecule has 0 aliphatic carbocycles. The normalized spacial score (nSPS) is 14.4. The van der Waals surface area contributed by atoms with Crippen molar-refractivity contribution in [2.45, 2.75) is 0 Å². The molecule has 0 spiro atoms. The highest BCUT2D eigenvalue weighted by atomic mass is 35.5. The van der Waals surface area contributed by atoms with Crippen LogP contribution >= 0.6 is 11.6 Å². The topological polar surface area (TPSA) is 117 Å². The Kier molecular flexibility index (Phi) is 4.99. The Bertz CT molecular complexity index is 593. The minimum absolute atomic E-state index is 0.0252. The van der Waals surface area contributed by atoms with Gasteiger partial charge in [-0.3, -0.25) is 10.3 Å². The van der Waals surface area contributed by atoms with Gasteiger partial charge >= 0.3 is 12.0 Å². The van der Waals surface area contributed by atoms with E-state index in [1.807, 2.05) is 5.43 Å². The van der Waals surface area contributed by atoms with Crippen LogP contribution in [0.1, 0.15) is 0 Å². The predicted molar refractivity (Wildman–Crippen MR) is 81.4 cm³/mol. The fourth-order valence-corrected chi connectivity index (χ4v) is 2.18. The van der Waals surface area contributed by atoms with E-state index in [1.54, 1.807) is 33.7 Å². The van der Waals surface area contributed by atoms with E-state index in [2.05, 4.69) is 5.32 Å². The van der Waals surface area contributed by atoms with Crippen LogP contribution in [0, 0.1) is 10.1 Å². The minimum atomic E-state index is -0.713. The first-order valence-corrected chi connectivity index (χ1v) is 6.93. The van der Waals surface area contributed by atoms with E-state index in [0.29, 0.717) is 36.9 Å². The molecule has 4 N–H and O–H groups in total. The lowest BCUT2D eigenvalue weighted by molar-refractivity contribution is -0.573. The van der Waals surface area contributed by atoms with Gasteiger partial charge in [0.15, 0.2) is 0 Å². The number of hydrogen-bond acceptors (Lipinski definition) is 3. The van der Waals surface area contributed by atoms with Gasteiger partial charge in [0.05, 0.1) is 26.2 Å². The second-order valence-corrected chi connectivity index (χ2v) is 5.10. The summed E-state index contributed by atoms with van der Waals surface area (Å²) in [6, 6.07) is 6.57. The third-order valence-electron chi connectivity index (χ3n) is 3.21. The van der Waals surface area contributed by atoms with Crippen molar-refractivity contribution in [3.8, 4) is 0 Å². The highest BCUT2D eigenvalue weighted by Crippen LogP contribution is 2.14. The summed E-state index contributed by atoms with van der Waals surface area (Å²) < 4.78 is 1.62. The van der Waals surface area contributed by atoms with Gasteiger partial charge in [0, 0.05) is 16.1 Å². The first-order chi connectivity index (χ1) is 10.5. The lowest BCUT2D eigenvalue weighted by Gasteiger charge is -2.28. The van der Waals surface area contributed by atoms with E-state index >= 15 is 0 Å². The lowest BCUT2D eigenvalue weighted by atomic mass is 10.3. The molecule has 1 aromatic rings. The van der Waals surface area contributed by atoms with Gasteiger partial charge in [-0.25, -0.2) is 14.9 Å². The number of hydrazine groups is 1.